The second-order valence-corrected chi connectivity index (χ2v) is 7.10. The van der Waals surface area contributed by atoms with Crippen molar-refractivity contribution in [2.45, 2.75) is 13.3 Å². The Morgan fingerprint density at radius 1 is 1.21 bits per heavy atom. The summed E-state index contributed by atoms with van der Waals surface area (Å²) < 4.78 is 0. The fourth-order valence-electron chi connectivity index (χ4n) is 3.35. The maximum Gasteiger partial charge on any atom is 0.228 e. The zero-order chi connectivity index (χ0) is 17.3. The predicted molar refractivity (Wildman–Crippen MR) is 95.6 cm³/mol. The Bertz CT molecular complexity index is 645. The molecule has 0 radical (unpaired) electrons. The van der Waals surface area contributed by atoms with Crippen LogP contribution in [0.25, 0.3) is 0 Å². The van der Waals surface area contributed by atoms with E-state index in [9.17, 15) is 9.59 Å². The third-order valence-electron chi connectivity index (χ3n) is 4.81. The van der Waals surface area contributed by atoms with Crippen LogP contribution in [0.5, 0.6) is 0 Å². The van der Waals surface area contributed by atoms with Gasteiger partial charge in [-0.2, -0.15) is 0 Å². The summed E-state index contributed by atoms with van der Waals surface area (Å²) in [5.41, 5.74) is 0.622. The quantitative estimate of drug-likeness (QED) is 0.821. The molecule has 0 spiro atoms. The van der Waals surface area contributed by atoms with E-state index in [2.05, 4.69) is 11.8 Å². The van der Waals surface area contributed by atoms with Crippen LogP contribution in [0, 0.1) is 5.92 Å². The molecule has 3 rings (SSSR count). The zero-order valence-electron chi connectivity index (χ0n) is 13.7. The van der Waals surface area contributed by atoms with E-state index in [1.54, 1.807) is 23.1 Å². The summed E-state index contributed by atoms with van der Waals surface area (Å²) in [7, 11) is 0. The van der Waals surface area contributed by atoms with Gasteiger partial charge >= 0.3 is 0 Å². The lowest BCUT2D eigenvalue weighted by Crippen LogP contribution is -2.50. The van der Waals surface area contributed by atoms with Gasteiger partial charge in [-0.05, 0) is 24.7 Å². The number of benzene rings is 1. The molecule has 1 unspecified atom stereocenters. The molecule has 2 fully saturated rings. The number of hydrogen-bond donors (Lipinski definition) is 0. The van der Waals surface area contributed by atoms with Gasteiger partial charge in [0, 0.05) is 44.2 Å². The molecule has 1 aromatic carbocycles. The van der Waals surface area contributed by atoms with Crippen molar-refractivity contribution in [3.63, 3.8) is 0 Å². The van der Waals surface area contributed by atoms with Crippen molar-refractivity contribution in [3.05, 3.63) is 28.2 Å². The topological polar surface area (TPSA) is 43.9 Å². The molecule has 0 saturated carbocycles. The van der Waals surface area contributed by atoms with Gasteiger partial charge in [-0.1, -0.05) is 30.1 Å². The van der Waals surface area contributed by atoms with Crippen LogP contribution in [0.2, 0.25) is 10.0 Å². The van der Waals surface area contributed by atoms with E-state index in [1.807, 2.05) is 4.90 Å². The van der Waals surface area contributed by atoms with Crippen molar-refractivity contribution >= 4 is 40.7 Å². The van der Waals surface area contributed by atoms with Crippen LogP contribution in [-0.4, -0.2) is 60.9 Å². The average molecular weight is 370 g/mol. The summed E-state index contributed by atoms with van der Waals surface area (Å²) in [5, 5.41) is 0.956. The summed E-state index contributed by atoms with van der Waals surface area (Å²) in [4.78, 5) is 30.9. The molecule has 2 aliphatic heterocycles. The molecule has 1 atom stereocenters. The van der Waals surface area contributed by atoms with E-state index in [-0.39, 0.29) is 24.2 Å². The van der Waals surface area contributed by atoms with E-state index >= 15 is 0 Å². The molecule has 1 aromatic rings. The zero-order valence-corrected chi connectivity index (χ0v) is 15.2. The molecule has 24 heavy (non-hydrogen) atoms. The number of likely N-dealkylation sites (N-methyl/N-ethyl adjacent to an activating group) is 1. The number of hydrogen-bond acceptors (Lipinski definition) is 3. The standard InChI is InChI=1S/C17H21Cl2N3O2/c1-2-20-5-7-21(8-6-20)17(24)12-9-16(23)22(11-12)15-4-3-13(18)10-14(15)19/h3-4,10,12H,2,5-9,11H2,1H3. The predicted octanol–water partition coefficient (Wildman–Crippen LogP) is 2.51. The maximum atomic E-state index is 12.7. The number of halogens is 2. The average Bonchev–Trinajstić information content (AvgIpc) is 2.96. The largest absolute Gasteiger partial charge is 0.340 e. The Hall–Kier alpha value is -1.30. The summed E-state index contributed by atoms with van der Waals surface area (Å²) in [6.07, 6.45) is 0.242. The minimum atomic E-state index is -0.294. The highest BCUT2D eigenvalue weighted by molar-refractivity contribution is 6.36. The highest BCUT2D eigenvalue weighted by Gasteiger charge is 2.38. The van der Waals surface area contributed by atoms with Crippen LogP contribution in [0.1, 0.15) is 13.3 Å². The van der Waals surface area contributed by atoms with Crippen molar-refractivity contribution in [2.24, 2.45) is 5.92 Å². The van der Waals surface area contributed by atoms with Crippen molar-refractivity contribution < 1.29 is 9.59 Å². The SMILES string of the molecule is CCN1CCN(C(=O)C2CC(=O)N(c3ccc(Cl)cc3Cl)C2)CC1. The highest BCUT2D eigenvalue weighted by atomic mass is 35.5. The first-order valence-electron chi connectivity index (χ1n) is 8.26. The van der Waals surface area contributed by atoms with E-state index in [1.165, 1.54) is 0 Å². The van der Waals surface area contributed by atoms with E-state index < -0.39 is 0 Å². The van der Waals surface area contributed by atoms with Gasteiger partial charge in [-0.25, -0.2) is 0 Å². The smallest absolute Gasteiger partial charge is 0.228 e. The summed E-state index contributed by atoms with van der Waals surface area (Å²) in [6, 6.07) is 5.05. The van der Waals surface area contributed by atoms with Gasteiger partial charge in [0.15, 0.2) is 0 Å². The summed E-state index contributed by atoms with van der Waals surface area (Å²) in [5.74, 6) is -0.283. The van der Waals surface area contributed by atoms with Gasteiger partial charge in [0.2, 0.25) is 11.8 Å². The second-order valence-electron chi connectivity index (χ2n) is 6.26. The first-order chi connectivity index (χ1) is 11.5. The van der Waals surface area contributed by atoms with Crippen LogP contribution < -0.4 is 4.90 Å². The maximum absolute atomic E-state index is 12.7. The molecule has 130 valence electrons. The van der Waals surface area contributed by atoms with Crippen LogP contribution in [0.3, 0.4) is 0 Å². The lowest BCUT2D eigenvalue weighted by molar-refractivity contribution is -0.137. The van der Waals surface area contributed by atoms with E-state index in [0.717, 1.165) is 32.7 Å². The van der Waals surface area contributed by atoms with Crippen LogP contribution in [0.15, 0.2) is 18.2 Å². The van der Waals surface area contributed by atoms with Crippen molar-refractivity contribution in [1.29, 1.82) is 0 Å². The van der Waals surface area contributed by atoms with Gasteiger partial charge in [-0.3, -0.25) is 9.59 Å². The first-order valence-corrected chi connectivity index (χ1v) is 9.01. The molecule has 7 heteroatoms. The van der Waals surface area contributed by atoms with Gasteiger partial charge in [0.1, 0.15) is 0 Å². The van der Waals surface area contributed by atoms with Gasteiger partial charge in [0.25, 0.3) is 0 Å². The van der Waals surface area contributed by atoms with Crippen molar-refractivity contribution in [3.8, 4) is 0 Å². The van der Waals surface area contributed by atoms with Crippen LogP contribution >= 0.6 is 23.2 Å². The molecule has 0 N–H and O–H groups in total. The molecule has 0 aliphatic carbocycles. The van der Waals surface area contributed by atoms with Crippen molar-refractivity contribution in [2.75, 3.05) is 44.2 Å². The van der Waals surface area contributed by atoms with E-state index in [0.29, 0.717) is 22.3 Å². The van der Waals surface area contributed by atoms with E-state index in [4.69, 9.17) is 23.2 Å². The van der Waals surface area contributed by atoms with Gasteiger partial charge in [-0.15, -0.1) is 0 Å². The highest BCUT2D eigenvalue weighted by Crippen LogP contribution is 2.33. The van der Waals surface area contributed by atoms with Crippen molar-refractivity contribution in [1.82, 2.24) is 9.80 Å². The Kier molecular flexibility index (Phi) is 5.33. The van der Waals surface area contributed by atoms with Crippen LogP contribution in [0.4, 0.5) is 5.69 Å². The fraction of sp³-hybridized carbons (Fsp3) is 0.529. The number of anilines is 1. The number of piperazine rings is 1. The Balaban J connectivity index is 1.67. The normalized spacial score (nSPS) is 22.3. The number of rotatable bonds is 3. The monoisotopic (exact) mass is 369 g/mol. The van der Waals surface area contributed by atoms with Gasteiger partial charge < -0.3 is 14.7 Å². The fourth-order valence-corrected chi connectivity index (χ4v) is 3.86. The number of amides is 2. The molecule has 2 aliphatic rings. The molecule has 2 saturated heterocycles. The van der Waals surface area contributed by atoms with Crippen LogP contribution in [-0.2, 0) is 9.59 Å². The number of carbonyl (C=O) groups excluding carboxylic acids is 2. The first kappa shape index (κ1) is 17.5. The summed E-state index contributed by atoms with van der Waals surface area (Å²) >= 11 is 12.1. The Morgan fingerprint density at radius 2 is 1.92 bits per heavy atom. The minimum absolute atomic E-state index is 0.0650. The summed E-state index contributed by atoms with van der Waals surface area (Å²) in [6.45, 7) is 6.78. The van der Waals surface area contributed by atoms with Gasteiger partial charge in [0.05, 0.1) is 16.6 Å². The molecular weight excluding hydrogens is 349 g/mol. The second kappa shape index (κ2) is 7.30. The molecule has 0 bridgehead atoms. The third kappa shape index (κ3) is 3.53. The Morgan fingerprint density at radius 3 is 2.54 bits per heavy atom. The number of nitrogens with zero attached hydrogens (tertiary/aromatic N) is 3. The minimum Gasteiger partial charge on any atom is -0.340 e. The molecular formula is C17H21Cl2N3O2. The third-order valence-corrected chi connectivity index (χ3v) is 5.34. The lowest BCUT2D eigenvalue weighted by atomic mass is 10.1. The molecule has 0 aromatic heterocycles. The Labute approximate surface area is 152 Å². The molecule has 5 nitrogen and oxygen atoms in total. The lowest BCUT2D eigenvalue weighted by Gasteiger charge is -2.35. The number of carbonyl (C=O) groups is 2. The molecule has 2 heterocycles. The molecule has 2 amide bonds.